The highest BCUT2D eigenvalue weighted by Gasteiger charge is 2.28. The van der Waals surface area contributed by atoms with Crippen LogP contribution in [-0.4, -0.2) is 35.9 Å². The maximum atomic E-state index is 12.3. The third kappa shape index (κ3) is 4.60. The molecule has 1 aliphatic heterocycles. The minimum atomic E-state index is -1.31. The molecule has 0 saturated carbocycles. The summed E-state index contributed by atoms with van der Waals surface area (Å²) < 4.78 is 1.04. The normalized spacial score (nSPS) is 15.7. The second-order valence-electron chi connectivity index (χ2n) is 7.76. The molecule has 8 heteroatoms. The van der Waals surface area contributed by atoms with Gasteiger partial charge in [-0.2, -0.15) is 0 Å². The molecular formula is C23H23N3O4S. The zero-order chi connectivity index (χ0) is 22.0. The van der Waals surface area contributed by atoms with E-state index in [2.05, 4.69) is 10.6 Å². The average Bonchev–Trinajstić information content (AvgIpc) is 3.38. The van der Waals surface area contributed by atoms with E-state index in [0.29, 0.717) is 29.2 Å². The van der Waals surface area contributed by atoms with Gasteiger partial charge in [0.15, 0.2) is 0 Å². The maximum Gasteiger partial charge on any atom is 0.313 e. The minimum Gasteiger partial charge on any atom is -0.383 e. The molecule has 3 N–H and O–H groups in total. The van der Waals surface area contributed by atoms with Gasteiger partial charge in [-0.25, -0.2) is 0 Å². The molecule has 0 radical (unpaired) electrons. The Hall–Kier alpha value is -3.23. The summed E-state index contributed by atoms with van der Waals surface area (Å²) in [6.07, 6.45) is 1.32. The van der Waals surface area contributed by atoms with Crippen LogP contribution in [0, 0.1) is 0 Å². The van der Waals surface area contributed by atoms with E-state index in [0.717, 1.165) is 16.5 Å². The van der Waals surface area contributed by atoms with Gasteiger partial charge >= 0.3 is 11.8 Å². The summed E-state index contributed by atoms with van der Waals surface area (Å²) in [5.74, 6) is -1.63. The number of nitrogens with zero attached hydrogens (tertiary/aromatic N) is 1. The van der Waals surface area contributed by atoms with E-state index in [9.17, 15) is 19.5 Å². The number of anilines is 2. The molecule has 2 heterocycles. The first-order valence-corrected chi connectivity index (χ1v) is 10.9. The Morgan fingerprint density at radius 2 is 1.94 bits per heavy atom. The summed E-state index contributed by atoms with van der Waals surface area (Å²) in [6, 6.07) is 16.5. The number of thiophene rings is 1. The van der Waals surface area contributed by atoms with E-state index in [-0.39, 0.29) is 12.5 Å². The lowest BCUT2D eigenvalue weighted by molar-refractivity contribution is -0.136. The summed E-state index contributed by atoms with van der Waals surface area (Å²) >= 11 is 1.45. The summed E-state index contributed by atoms with van der Waals surface area (Å²) in [5, 5.41) is 16.9. The molecule has 3 amide bonds. The standard InChI is InChI=1S/C23H23N3O4S/c1-23(30,19-12-15-6-2-3-9-18(15)31-19)14-24-21(28)22(29)25-16-7-4-8-17(13-16)26-11-5-10-20(26)27/h2-4,6-9,12-13,30H,5,10-11,14H2,1H3,(H,24,28)(H,25,29)/t23-/m0/s1. The van der Waals surface area contributed by atoms with E-state index >= 15 is 0 Å². The molecule has 1 fully saturated rings. The predicted molar refractivity (Wildman–Crippen MR) is 121 cm³/mol. The molecule has 1 saturated heterocycles. The smallest absolute Gasteiger partial charge is 0.313 e. The van der Waals surface area contributed by atoms with Crippen LogP contribution in [0.5, 0.6) is 0 Å². The monoisotopic (exact) mass is 437 g/mol. The molecule has 1 atom stereocenters. The van der Waals surface area contributed by atoms with Gasteiger partial charge in [0.05, 0.1) is 6.54 Å². The van der Waals surface area contributed by atoms with E-state index in [1.54, 1.807) is 36.1 Å². The van der Waals surface area contributed by atoms with Crippen LogP contribution in [0.15, 0.2) is 54.6 Å². The molecule has 4 rings (SSSR count). The number of carbonyl (C=O) groups is 3. The van der Waals surface area contributed by atoms with Crippen LogP contribution in [0.3, 0.4) is 0 Å². The molecule has 0 aliphatic carbocycles. The third-order valence-electron chi connectivity index (χ3n) is 5.24. The molecule has 0 spiro atoms. The summed E-state index contributed by atoms with van der Waals surface area (Å²) in [5.41, 5.74) is -0.197. The van der Waals surface area contributed by atoms with Crippen LogP contribution in [-0.2, 0) is 20.0 Å². The van der Waals surface area contributed by atoms with Crippen LogP contribution in [0.2, 0.25) is 0 Å². The fourth-order valence-electron chi connectivity index (χ4n) is 3.53. The van der Waals surface area contributed by atoms with Gasteiger partial charge in [-0.15, -0.1) is 11.3 Å². The molecule has 0 unspecified atom stereocenters. The van der Waals surface area contributed by atoms with Crippen LogP contribution in [0.4, 0.5) is 11.4 Å². The van der Waals surface area contributed by atoms with Crippen molar-refractivity contribution < 1.29 is 19.5 Å². The minimum absolute atomic E-state index is 0.0460. The lowest BCUT2D eigenvalue weighted by Crippen LogP contribution is -2.43. The number of carbonyl (C=O) groups excluding carboxylic acids is 3. The lowest BCUT2D eigenvalue weighted by Gasteiger charge is -2.22. The van der Waals surface area contributed by atoms with Crippen LogP contribution >= 0.6 is 11.3 Å². The van der Waals surface area contributed by atoms with E-state index in [4.69, 9.17) is 0 Å². The highest BCUT2D eigenvalue weighted by atomic mass is 32.1. The number of aliphatic hydroxyl groups is 1. The number of nitrogens with one attached hydrogen (secondary N) is 2. The van der Waals surface area contributed by atoms with Crippen molar-refractivity contribution in [2.75, 3.05) is 23.3 Å². The fourth-order valence-corrected chi connectivity index (χ4v) is 4.63. The molecule has 31 heavy (non-hydrogen) atoms. The first-order valence-electron chi connectivity index (χ1n) is 10.0. The summed E-state index contributed by atoms with van der Waals surface area (Å²) in [4.78, 5) is 38.9. The van der Waals surface area contributed by atoms with Crippen molar-refractivity contribution in [2.45, 2.75) is 25.4 Å². The number of benzene rings is 2. The first-order chi connectivity index (χ1) is 14.8. The van der Waals surface area contributed by atoms with Crippen molar-refractivity contribution in [1.29, 1.82) is 0 Å². The molecule has 1 aromatic heterocycles. The zero-order valence-corrected chi connectivity index (χ0v) is 17.9. The predicted octanol–water partition coefficient (Wildman–Crippen LogP) is 2.99. The van der Waals surface area contributed by atoms with Gasteiger partial charge in [0.1, 0.15) is 5.60 Å². The van der Waals surface area contributed by atoms with Gasteiger partial charge in [-0.05, 0) is 49.1 Å². The van der Waals surface area contributed by atoms with Crippen molar-refractivity contribution >= 4 is 50.5 Å². The van der Waals surface area contributed by atoms with Crippen LogP contribution in [0.25, 0.3) is 10.1 Å². The Bertz CT molecular complexity index is 1120. The van der Waals surface area contributed by atoms with E-state index < -0.39 is 17.4 Å². The number of hydrogen-bond donors (Lipinski definition) is 3. The molecule has 2 aromatic carbocycles. The van der Waals surface area contributed by atoms with Crippen molar-refractivity contribution in [3.8, 4) is 0 Å². The van der Waals surface area contributed by atoms with Gasteiger partial charge < -0.3 is 20.6 Å². The third-order valence-corrected chi connectivity index (χ3v) is 6.61. The highest BCUT2D eigenvalue weighted by molar-refractivity contribution is 7.19. The second-order valence-corrected chi connectivity index (χ2v) is 8.84. The maximum absolute atomic E-state index is 12.3. The highest BCUT2D eigenvalue weighted by Crippen LogP contribution is 2.32. The molecular weight excluding hydrogens is 414 g/mol. The average molecular weight is 438 g/mol. The van der Waals surface area contributed by atoms with E-state index in [1.165, 1.54) is 11.3 Å². The Morgan fingerprint density at radius 1 is 1.13 bits per heavy atom. The molecule has 3 aromatic rings. The lowest BCUT2D eigenvalue weighted by atomic mass is 10.0. The Kier molecular flexibility index (Phi) is 5.75. The molecule has 160 valence electrons. The van der Waals surface area contributed by atoms with Gasteiger partial charge in [-0.3, -0.25) is 14.4 Å². The summed E-state index contributed by atoms with van der Waals surface area (Å²) in [6.45, 7) is 2.14. The van der Waals surface area contributed by atoms with Crippen LogP contribution in [0.1, 0.15) is 24.6 Å². The largest absolute Gasteiger partial charge is 0.383 e. The SMILES string of the molecule is C[C@](O)(CNC(=O)C(=O)Nc1cccc(N2CCCC2=O)c1)c1cc2ccccc2s1. The number of hydrogen-bond acceptors (Lipinski definition) is 5. The Labute approximate surface area is 183 Å². The summed E-state index contributed by atoms with van der Waals surface area (Å²) in [7, 11) is 0. The van der Waals surface area contributed by atoms with Gasteiger partial charge in [0, 0.05) is 33.9 Å². The van der Waals surface area contributed by atoms with Gasteiger partial charge in [-0.1, -0.05) is 24.3 Å². The number of rotatable bonds is 5. The zero-order valence-electron chi connectivity index (χ0n) is 17.1. The van der Waals surface area contributed by atoms with E-state index in [1.807, 2.05) is 30.3 Å². The molecule has 7 nitrogen and oxygen atoms in total. The van der Waals surface area contributed by atoms with Crippen molar-refractivity contribution in [3.05, 3.63) is 59.5 Å². The Morgan fingerprint density at radius 3 is 2.68 bits per heavy atom. The fraction of sp³-hybridized carbons (Fsp3) is 0.261. The van der Waals surface area contributed by atoms with Crippen molar-refractivity contribution in [2.24, 2.45) is 0 Å². The number of fused-ring (bicyclic) bond motifs is 1. The quantitative estimate of drug-likeness (QED) is 0.535. The number of amides is 3. The van der Waals surface area contributed by atoms with Crippen molar-refractivity contribution in [1.82, 2.24) is 5.32 Å². The molecule has 1 aliphatic rings. The molecule has 0 bridgehead atoms. The first kappa shape index (κ1) is 21.0. The Balaban J connectivity index is 1.37. The van der Waals surface area contributed by atoms with Gasteiger partial charge in [0.2, 0.25) is 5.91 Å². The second kappa shape index (κ2) is 8.49. The van der Waals surface area contributed by atoms with Gasteiger partial charge in [0.25, 0.3) is 0 Å². The van der Waals surface area contributed by atoms with Crippen LogP contribution < -0.4 is 15.5 Å². The topological polar surface area (TPSA) is 98.7 Å². The van der Waals surface area contributed by atoms with Crippen molar-refractivity contribution in [3.63, 3.8) is 0 Å².